The highest BCUT2D eigenvalue weighted by atomic mass is 32.1. The molecule has 1 amide bonds. The van der Waals surface area contributed by atoms with Crippen LogP contribution in [0, 0.1) is 12.8 Å². The summed E-state index contributed by atoms with van der Waals surface area (Å²) in [5.41, 5.74) is 2.91. The second kappa shape index (κ2) is 9.37. The van der Waals surface area contributed by atoms with Gasteiger partial charge >= 0.3 is 0 Å². The van der Waals surface area contributed by atoms with E-state index >= 15 is 0 Å². The molecule has 0 spiro atoms. The Labute approximate surface area is 197 Å². The zero-order valence-electron chi connectivity index (χ0n) is 19.2. The summed E-state index contributed by atoms with van der Waals surface area (Å²) >= 11 is 1.66. The molecule has 1 fully saturated rings. The fourth-order valence-corrected chi connectivity index (χ4v) is 6.08. The van der Waals surface area contributed by atoms with E-state index in [-0.39, 0.29) is 18.0 Å². The molecule has 1 aromatic carbocycles. The molecule has 1 aliphatic heterocycles. The molecule has 174 valence electrons. The number of aryl methyl sites for hydroxylation is 2. The predicted molar refractivity (Wildman–Crippen MR) is 131 cm³/mol. The van der Waals surface area contributed by atoms with E-state index in [0.29, 0.717) is 31.5 Å². The number of hydrogen-bond donors (Lipinski definition) is 1. The molecular weight excluding hydrogens is 436 g/mol. The van der Waals surface area contributed by atoms with Gasteiger partial charge in [0.05, 0.1) is 25.1 Å². The molecule has 2 aromatic heterocycles. The minimum atomic E-state index is -0.219. The average Bonchev–Trinajstić information content (AvgIpc) is 3.16. The highest BCUT2D eigenvalue weighted by molar-refractivity contribution is 7.18. The summed E-state index contributed by atoms with van der Waals surface area (Å²) in [5.74, 6) is 1.06. The molecule has 0 saturated carbocycles. The third kappa shape index (κ3) is 4.74. The van der Waals surface area contributed by atoms with Crippen molar-refractivity contribution in [2.24, 2.45) is 5.92 Å². The Hall–Kier alpha value is -2.55. The van der Waals surface area contributed by atoms with Crippen molar-refractivity contribution < 1.29 is 9.53 Å². The number of ether oxygens (including phenoxy) is 1. The number of carbonyl (C=O) groups excluding carboxylic acids is 1. The number of rotatable bonds is 5. The van der Waals surface area contributed by atoms with Crippen LogP contribution in [0.3, 0.4) is 0 Å². The second-order valence-electron chi connectivity index (χ2n) is 9.25. The summed E-state index contributed by atoms with van der Waals surface area (Å²) in [4.78, 5) is 36.0. The number of aromatic nitrogens is 2. The Bertz CT molecular complexity index is 1230. The summed E-state index contributed by atoms with van der Waals surface area (Å²) in [6.45, 7) is 7.69. The van der Waals surface area contributed by atoms with E-state index in [4.69, 9.17) is 9.72 Å². The van der Waals surface area contributed by atoms with Gasteiger partial charge in [0.1, 0.15) is 17.2 Å². The van der Waals surface area contributed by atoms with Crippen molar-refractivity contribution in [1.29, 1.82) is 0 Å². The molecule has 1 atom stereocenters. The van der Waals surface area contributed by atoms with Crippen molar-refractivity contribution in [3.8, 4) is 0 Å². The maximum Gasteiger partial charge on any atom is 0.263 e. The van der Waals surface area contributed by atoms with Gasteiger partial charge in [-0.15, -0.1) is 11.3 Å². The second-order valence-corrected chi connectivity index (χ2v) is 10.3. The first-order chi connectivity index (χ1) is 16.0. The van der Waals surface area contributed by atoms with Crippen LogP contribution in [0.4, 0.5) is 5.69 Å². The summed E-state index contributed by atoms with van der Waals surface area (Å²) in [5, 5.41) is 3.65. The molecule has 1 saturated heterocycles. The number of thiophene rings is 1. The SMILES string of the molecule is Cc1ccc(NC(=O)Cn2c(CN3CCOCC3)nc3sc4c(c3c2=O)CC[C@H](C)C4)cc1. The van der Waals surface area contributed by atoms with Gasteiger partial charge in [-0.2, -0.15) is 0 Å². The predicted octanol–water partition coefficient (Wildman–Crippen LogP) is 3.36. The highest BCUT2D eigenvalue weighted by Crippen LogP contribution is 2.36. The molecule has 8 heteroatoms. The molecule has 1 N–H and O–H groups in total. The van der Waals surface area contributed by atoms with Crippen LogP contribution in [0.1, 0.15) is 35.2 Å². The first-order valence-corrected chi connectivity index (χ1v) is 12.5. The Kier molecular flexibility index (Phi) is 6.32. The van der Waals surface area contributed by atoms with Crippen molar-refractivity contribution in [2.45, 2.75) is 46.2 Å². The lowest BCUT2D eigenvalue weighted by Gasteiger charge is -2.27. The summed E-state index contributed by atoms with van der Waals surface area (Å²) < 4.78 is 7.06. The molecule has 1 aliphatic carbocycles. The van der Waals surface area contributed by atoms with E-state index in [2.05, 4.69) is 17.1 Å². The van der Waals surface area contributed by atoms with Crippen molar-refractivity contribution in [3.05, 3.63) is 56.4 Å². The number of anilines is 1. The van der Waals surface area contributed by atoms with Gasteiger partial charge in [0.2, 0.25) is 5.91 Å². The Morgan fingerprint density at radius 3 is 2.76 bits per heavy atom. The zero-order valence-corrected chi connectivity index (χ0v) is 20.0. The molecule has 2 aliphatic rings. The van der Waals surface area contributed by atoms with Gasteiger partial charge < -0.3 is 10.1 Å². The van der Waals surface area contributed by atoms with Crippen LogP contribution in [0.2, 0.25) is 0 Å². The van der Waals surface area contributed by atoms with Gasteiger partial charge in [0, 0.05) is 23.7 Å². The molecule has 0 unspecified atom stereocenters. The molecule has 5 rings (SSSR count). The largest absolute Gasteiger partial charge is 0.379 e. The van der Waals surface area contributed by atoms with Gasteiger partial charge in [-0.3, -0.25) is 19.1 Å². The Morgan fingerprint density at radius 1 is 1.24 bits per heavy atom. The lowest BCUT2D eigenvalue weighted by molar-refractivity contribution is -0.116. The number of nitrogens with zero attached hydrogens (tertiary/aromatic N) is 3. The minimum Gasteiger partial charge on any atom is -0.379 e. The van der Waals surface area contributed by atoms with Crippen molar-refractivity contribution >= 4 is 33.1 Å². The number of amides is 1. The summed E-state index contributed by atoms with van der Waals surface area (Å²) in [6.07, 6.45) is 3.00. The fourth-order valence-electron chi connectivity index (χ4n) is 4.69. The molecule has 3 aromatic rings. The van der Waals surface area contributed by atoms with E-state index in [1.807, 2.05) is 31.2 Å². The monoisotopic (exact) mass is 466 g/mol. The van der Waals surface area contributed by atoms with Gasteiger partial charge in [-0.1, -0.05) is 24.6 Å². The molecular formula is C25H30N4O3S. The summed E-state index contributed by atoms with van der Waals surface area (Å²) in [7, 11) is 0. The van der Waals surface area contributed by atoms with E-state index in [9.17, 15) is 9.59 Å². The van der Waals surface area contributed by atoms with Crippen LogP contribution in [0.25, 0.3) is 10.2 Å². The third-order valence-corrected chi connectivity index (χ3v) is 7.75. The van der Waals surface area contributed by atoms with Crippen molar-refractivity contribution in [3.63, 3.8) is 0 Å². The first kappa shape index (κ1) is 22.3. The van der Waals surface area contributed by atoms with Crippen LogP contribution in [-0.4, -0.2) is 46.7 Å². The fraction of sp³-hybridized carbons (Fsp3) is 0.480. The number of carbonyl (C=O) groups is 1. The maximum atomic E-state index is 13.7. The quantitative estimate of drug-likeness (QED) is 0.624. The molecule has 7 nitrogen and oxygen atoms in total. The number of hydrogen-bond acceptors (Lipinski definition) is 6. The van der Waals surface area contributed by atoms with Crippen LogP contribution in [0.5, 0.6) is 0 Å². The number of fused-ring (bicyclic) bond motifs is 3. The zero-order chi connectivity index (χ0) is 22.9. The normalized spacial score (nSPS) is 18.9. The molecule has 0 bridgehead atoms. The Morgan fingerprint density at radius 2 is 2.00 bits per heavy atom. The first-order valence-electron chi connectivity index (χ1n) is 11.7. The van der Waals surface area contributed by atoms with Crippen molar-refractivity contribution in [2.75, 3.05) is 31.6 Å². The number of benzene rings is 1. The average molecular weight is 467 g/mol. The van der Waals surface area contributed by atoms with E-state index in [0.717, 1.165) is 59.4 Å². The van der Waals surface area contributed by atoms with Gasteiger partial charge in [0.25, 0.3) is 5.56 Å². The molecule has 33 heavy (non-hydrogen) atoms. The van der Waals surface area contributed by atoms with Gasteiger partial charge in [-0.25, -0.2) is 4.98 Å². The standard InChI is InChI=1S/C25H30N4O3S/c1-16-3-6-18(7-4-16)26-22(30)15-29-21(14-28-9-11-32-12-10-28)27-24-23(25(29)31)19-8-5-17(2)13-20(19)33-24/h3-4,6-7,17H,5,8-15H2,1-2H3,(H,26,30)/t17-/m0/s1. The summed E-state index contributed by atoms with van der Waals surface area (Å²) in [6, 6.07) is 7.67. The minimum absolute atomic E-state index is 0.0453. The smallest absolute Gasteiger partial charge is 0.263 e. The van der Waals surface area contributed by atoms with Crippen LogP contribution in [-0.2, 0) is 35.5 Å². The van der Waals surface area contributed by atoms with Crippen LogP contribution < -0.4 is 10.9 Å². The van der Waals surface area contributed by atoms with Gasteiger partial charge in [-0.05, 0) is 49.8 Å². The number of morpholine rings is 1. The number of nitrogens with one attached hydrogen (secondary N) is 1. The topological polar surface area (TPSA) is 76.5 Å². The van der Waals surface area contributed by atoms with E-state index < -0.39 is 0 Å². The molecule has 0 radical (unpaired) electrons. The van der Waals surface area contributed by atoms with Crippen molar-refractivity contribution in [1.82, 2.24) is 14.5 Å². The molecule has 3 heterocycles. The van der Waals surface area contributed by atoms with E-state index in [1.54, 1.807) is 15.9 Å². The van der Waals surface area contributed by atoms with E-state index in [1.165, 1.54) is 4.88 Å². The van der Waals surface area contributed by atoms with Crippen LogP contribution >= 0.6 is 11.3 Å². The lowest BCUT2D eigenvalue weighted by atomic mass is 9.89. The van der Waals surface area contributed by atoms with Crippen LogP contribution in [0.15, 0.2) is 29.1 Å². The highest BCUT2D eigenvalue weighted by Gasteiger charge is 2.26. The lowest BCUT2D eigenvalue weighted by Crippen LogP contribution is -2.39. The maximum absolute atomic E-state index is 13.7. The van der Waals surface area contributed by atoms with Gasteiger partial charge in [0.15, 0.2) is 0 Å². The Balaban J connectivity index is 1.51. The third-order valence-electron chi connectivity index (χ3n) is 6.60.